The van der Waals surface area contributed by atoms with Crippen molar-refractivity contribution in [2.45, 2.75) is 26.1 Å². The molecule has 1 unspecified atom stereocenters. The van der Waals surface area contributed by atoms with Crippen LogP contribution >= 0.6 is 11.6 Å². The summed E-state index contributed by atoms with van der Waals surface area (Å²) in [5, 5.41) is 14.0. The molecule has 1 atom stereocenters. The van der Waals surface area contributed by atoms with Crippen LogP contribution in [-0.2, 0) is 11.0 Å². The standard InChI is InChI=1S/C14H18ClF3N2O2/c1-8(2)12(13(22)19-5-6-21)20-11-4-3-9(7-10(11)15)14(16,17)18/h3-4,7-8,12,20-21H,5-6H2,1-2H3,(H,19,22). The Kier molecular flexibility index (Phi) is 6.49. The van der Waals surface area contributed by atoms with Gasteiger partial charge in [0, 0.05) is 6.54 Å². The van der Waals surface area contributed by atoms with Gasteiger partial charge in [-0.25, -0.2) is 0 Å². The van der Waals surface area contributed by atoms with Crippen LogP contribution in [0, 0.1) is 5.92 Å². The maximum absolute atomic E-state index is 12.6. The SMILES string of the molecule is CC(C)C(Nc1ccc(C(F)(F)F)cc1Cl)C(=O)NCCO. The molecule has 0 spiro atoms. The molecule has 0 aliphatic carbocycles. The second-order valence-electron chi connectivity index (χ2n) is 5.07. The van der Waals surface area contributed by atoms with E-state index < -0.39 is 17.8 Å². The molecule has 0 radical (unpaired) electrons. The van der Waals surface area contributed by atoms with Crippen molar-refractivity contribution in [2.24, 2.45) is 5.92 Å². The first-order valence-corrected chi connectivity index (χ1v) is 7.06. The average Bonchev–Trinajstić information content (AvgIpc) is 2.41. The van der Waals surface area contributed by atoms with Crippen molar-refractivity contribution in [3.05, 3.63) is 28.8 Å². The van der Waals surface area contributed by atoms with E-state index in [1.54, 1.807) is 13.8 Å². The summed E-state index contributed by atoms with van der Waals surface area (Å²) >= 11 is 5.86. The van der Waals surface area contributed by atoms with E-state index in [1.807, 2.05) is 0 Å². The van der Waals surface area contributed by atoms with E-state index >= 15 is 0 Å². The second kappa shape index (κ2) is 7.69. The van der Waals surface area contributed by atoms with Crippen LogP contribution in [0.3, 0.4) is 0 Å². The number of halogens is 4. The summed E-state index contributed by atoms with van der Waals surface area (Å²) in [6, 6.07) is 2.23. The van der Waals surface area contributed by atoms with Crippen molar-refractivity contribution < 1.29 is 23.1 Å². The molecule has 1 rings (SSSR count). The number of benzene rings is 1. The fourth-order valence-electron chi connectivity index (χ4n) is 1.80. The van der Waals surface area contributed by atoms with Crippen molar-refractivity contribution in [1.82, 2.24) is 5.32 Å². The normalized spacial score (nSPS) is 13.1. The van der Waals surface area contributed by atoms with Gasteiger partial charge in [0.2, 0.25) is 5.91 Å². The predicted octanol–water partition coefficient (Wildman–Crippen LogP) is 2.90. The van der Waals surface area contributed by atoms with E-state index in [4.69, 9.17) is 16.7 Å². The third-order valence-electron chi connectivity index (χ3n) is 2.97. The highest BCUT2D eigenvalue weighted by molar-refractivity contribution is 6.33. The number of anilines is 1. The summed E-state index contributed by atoms with van der Waals surface area (Å²) in [4.78, 5) is 12.0. The number of aliphatic hydroxyl groups excluding tert-OH is 1. The minimum Gasteiger partial charge on any atom is -0.395 e. The average molecular weight is 339 g/mol. The lowest BCUT2D eigenvalue weighted by Crippen LogP contribution is -2.43. The van der Waals surface area contributed by atoms with Crippen molar-refractivity contribution in [3.63, 3.8) is 0 Å². The fraction of sp³-hybridized carbons (Fsp3) is 0.500. The summed E-state index contributed by atoms with van der Waals surface area (Å²) in [6.45, 7) is 3.48. The number of amides is 1. The Hall–Kier alpha value is -1.47. The molecule has 8 heteroatoms. The zero-order chi connectivity index (χ0) is 16.9. The van der Waals surface area contributed by atoms with Crippen LogP contribution in [0.1, 0.15) is 19.4 Å². The molecule has 0 heterocycles. The van der Waals surface area contributed by atoms with Gasteiger partial charge < -0.3 is 15.7 Å². The van der Waals surface area contributed by atoms with Crippen LogP contribution in [0.4, 0.5) is 18.9 Å². The van der Waals surface area contributed by atoms with Crippen LogP contribution in [0.5, 0.6) is 0 Å². The lowest BCUT2D eigenvalue weighted by atomic mass is 10.0. The highest BCUT2D eigenvalue weighted by Crippen LogP contribution is 2.34. The Balaban J connectivity index is 2.93. The van der Waals surface area contributed by atoms with Crippen molar-refractivity contribution in [2.75, 3.05) is 18.5 Å². The van der Waals surface area contributed by atoms with Crippen LogP contribution in [0.25, 0.3) is 0 Å². The molecule has 0 fully saturated rings. The maximum atomic E-state index is 12.6. The van der Waals surface area contributed by atoms with Gasteiger partial charge in [0.25, 0.3) is 0 Å². The number of hydrogen-bond donors (Lipinski definition) is 3. The molecule has 1 aromatic rings. The summed E-state index contributed by atoms with van der Waals surface area (Å²) in [7, 11) is 0. The summed E-state index contributed by atoms with van der Waals surface area (Å²) < 4.78 is 37.8. The molecule has 3 N–H and O–H groups in total. The monoisotopic (exact) mass is 338 g/mol. The third-order valence-corrected chi connectivity index (χ3v) is 3.28. The van der Waals surface area contributed by atoms with E-state index in [-0.39, 0.29) is 35.7 Å². The molecule has 1 aromatic carbocycles. The van der Waals surface area contributed by atoms with Gasteiger partial charge >= 0.3 is 6.18 Å². The van der Waals surface area contributed by atoms with Gasteiger partial charge in [-0.2, -0.15) is 13.2 Å². The molecule has 0 aromatic heterocycles. The van der Waals surface area contributed by atoms with Crippen LogP contribution in [0.2, 0.25) is 5.02 Å². The van der Waals surface area contributed by atoms with Crippen LogP contribution in [0.15, 0.2) is 18.2 Å². The van der Waals surface area contributed by atoms with Gasteiger partial charge in [-0.1, -0.05) is 25.4 Å². The predicted molar refractivity (Wildman–Crippen MR) is 78.8 cm³/mol. The van der Waals surface area contributed by atoms with Gasteiger partial charge in [-0.15, -0.1) is 0 Å². The Morgan fingerprint density at radius 2 is 2.00 bits per heavy atom. The quantitative estimate of drug-likeness (QED) is 0.747. The topological polar surface area (TPSA) is 61.4 Å². The Labute approximate surface area is 131 Å². The molecule has 22 heavy (non-hydrogen) atoms. The highest BCUT2D eigenvalue weighted by Gasteiger charge is 2.31. The Morgan fingerprint density at radius 1 is 1.36 bits per heavy atom. The number of nitrogens with one attached hydrogen (secondary N) is 2. The molecule has 0 saturated carbocycles. The first kappa shape index (κ1) is 18.6. The molecule has 4 nitrogen and oxygen atoms in total. The number of alkyl halides is 3. The molecule has 0 bridgehead atoms. The molecule has 0 saturated heterocycles. The van der Waals surface area contributed by atoms with E-state index in [0.29, 0.717) is 0 Å². The van der Waals surface area contributed by atoms with E-state index in [2.05, 4.69) is 10.6 Å². The van der Waals surface area contributed by atoms with Gasteiger partial charge in [-0.05, 0) is 24.1 Å². The van der Waals surface area contributed by atoms with E-state index in [0.717, 1.165) is 12.1 Å². The number of hydrogen-bond acceptors (Lipinski definition) is 3. The van der Waals surface area contributed by atoms with Crippen molar-refractivity contribution in [3.8, 4) is 0 Å². The Morgan fingerprint density at radius 3 is 2.45 bits per heavy atom. The van der Waals surface area contributed by atoms with Gasteiger partial charge in [0.05, 0.1) is 22.9 Å². The fourth-order valence-corrected chi connectivity index (χ4v) is 2.04. The van der Waals surface area contributed by atoms with Gasteiger partial charge in [0.15, 0.2) is 0 Å². The maximum Gasteiger partial charge on any atom is 0.416 e. The third kappa shape index (κ3) is 5.06. The summed E-state index contributed by atoms with van der Waals surface area (Å²) in [5.74, 6) is -0.489. The Bertz CT molecular complexity index is 521. The van der Waals surface area contributed by atoms with E-state index in [9.17, 15) is 18.0 Å². The van der Waals surface area contributed by atoms with Crippen LogP contribution < -0.4 is 10.6 Å². The second-order valence-corrected chi connectivity index (χ2v) is 5.48. The zero-order valence-electron chi connectivity index (χ0n) is 12.2. The molecule has 0 aliphatic heterocycles. The largest absolute Gasteiger partial charge is 0.416 e. The zero-order valence-corrected chi connectivity index (χ0v) is 12.9. The van der Waals surface area contributed by atoms with Crippen molar-refractivity contribution >= 4 is 23.2 Å². The summed E-state index contributed by atoms with van der Waals surface area (Å²) in [6.07, 6.45) is -4.47. The first-order chi connectivity index (χ1) is 10.2. The summed E-state index contributed by atoms with van der Waals surface area (Å²) in [5.41, 5.74) is -0.610. The lowest BCUT2D eigenvalue weighted by Gasteiger charge is -2.23. The smallest absolute Gasteiger partial charge is 0.395 e. The minimum atomic E-state index is -4.47. The number of aliphatic hydroxyl groups is 1. The van der Waals surface area contributed by atoms with Gasteiger partial charge in [0.1, 0.15) is 6.04 Å². The number of carbonyl (C=O) groups excluding carboxylic acids is 1. The molecular weight excluding hydrogens is 321 g/mol. The first-order valence-electron chi connectivity index (χ1n) is 6.68. The molecule has 0 aliphatic rings. The molecule has 1 amide bonds. The molecular formula is C14H18ClF3N2O2. The van der Waals surface area contributed by atoms with E-state index in [1.165, 1.54) is 6.07 Å². The number of carbonyl (C=O) groups is 1. The minimum absolute atomic E-state index is 0.102. The highest BCUT2D eigenvalue weighted by atomic mass is 35.5. The van der Waals surface area contributed by atoms with Crippen LogP contribution in [-0.4, -0.2) is 30.2 Å². The van der Waals surface area contributed by atoms with Gasteiger partial charge in [-0.3, -0.25) is 4.79 Å². The molecule has 124 valence electrons. The van der Waals surface area contributed by atoms with Crippen molar-refractivity contribution in [1.29, 1.82) is 0 Å². The number of rotatable bonds is 6. The lowest BCUT2D eigenvalue weighted by molar-refractivity contribution is -0.137.